The Morgan fingerprint density at radius 2 is 1.50 bits per heavy atom. The summed E-state index contributed by atoms with van der Waals surface area (Å²) in [7, 11) is 0. The van der Waals surface area contributed by atoms with Gasteiger partial charge in [-0.3, -0.25) is 4.68 Å². The molecule has 0 radical (unpaired) electrons. The van der Waals surface area contributed by atoms with Crippen LogP contribution in [-0.2, 0) is 6.54 Å². The molecule has 3 rings (SSSR count). The molecule has 26 heavy (non-hydrogen) atoms. The predicted octanol–water partition coefficient (Wildman–Crippen LogP) is 3.92. The summed E-state index contributed by atoms with van der Waals surface area (Å²) in [5.41, 5.74) is 4.15. The second kappa shape index (κ2) is 8.79. The second-order valence-electron chi connectivity index (χ2n) is 6.47. The molecule has 1 N–H and O–H groups in total. The second-order valence-corrected chi connectivity index (χ2v) is 6.47. The van der Waals surface area contributed by atoms with Crippen molar-refractivity contribution in [2.24, 2.45) is 0 Å². The molecule has 1 aromatic heterocycles. The molecule has 4 heteroatoms. The summed E-state index contributed by atoms with van der Waals surface area (Å²) in [6, 6.07) is 22.5. The van der Waals surface area contributed by atoms with Gasteiger partial charge in [0.05, 0.1) is 24.0 Å². The van der Waals surface area contributed by atoms with Crippen molar-refractivity contribution in [3.63, 3.8) is 0 Å². The summed E-state index contributed by atoms with van der Waals surface area (Å²) in [4.78, 5) is 2.23. The largest absolute Gasteiger partial charge is 0.390 e. The minimum absolute atomic E-state index is 0.458. The Hall–Kier alpha value is -2.43. The Labute approximate surface area is 155 Å². The average Bonchev–Trinajstić information content (AvgIpc) is 3.11. The SMILES string of the molecule is CCN(CC)CC(O)Cn1nc(-c2ccccc2)cc1-c1ccccc1. The molecule has 0 aliphatic carbocycles. The fourth-order valence-electron chi connectivity index (χ4n) is 3.18. The highest BCUT2D eigenvalue weighted by Crippen LogP contribution is 2.26. The number of aliphatic hydroxyl groups excluding tert-OH is 1. The monoisotopic (exact) mass is 349 g/mol. The van der Waals surface area contributed by atoms with E-state index < -0.39 is 6.10 Å². The Bertz CT molecular complexity index is 795. The highest BCUT2D eigenvalue weighted by molar-refractivity contribution is 5.68. The van der Waals surface area contributed by atoms with Crippen molar-refractivity contribution in [2.75, 3.05) is 19.6 Å². The summed E-state index contributed by atoms with van der Waals surface area (Å²) in [6.07, 6.45) is -0.458. The molecule has 0 saturated carbocycles. The highest BCUT2D eigenvalue weighted by Gasteiger charge is 2.16. The molecule has 0 aliphatic heterocycles. The number of nitrogens with zero attached hydrogens (tertiary/aromatic N) is 3. The summed E-state index contributed by atoms with van der Waals surface area (Å²) in [6.45, 7) is 7.25. The first-order valence-corrected chi connectivity index (χ1v) is 9.30. The van der Waals surface area contributed by atoms with E-state index in [0.717, 1.165) is 35.6 Å². The van der Waals surface area contributed by atoms with Gasteiger partial charge in [0.15, 0.2) is 0 Å². The van der Waals surface area contributed by atoms with Crippen LogP contribution in [0.25, 0.3) is 22.5 Å². The maximum absolute atomic E-state index is 10.6. The molecule has 2 aromatic carbocycles. The first-order chi connectivity index (χ1) is 12.7. The standard InChI is InChI=1S/C22H27N3O/c1-3-24(4-2)16-20(26)17-25-22(19-13-9-6-10-14-19)15-21(23-25)18-11-7-5-8-12-18/h5-15,20,26H,3-4,16-17H2,1-2H3. The Morgan fingerprint density at radius 3 is 2.08 bits per heavy atom. The third-order valence-corrected chi connectivity index (χ3v) is 4.67. The van der Waals surface area contributed by atoms with Gasteiger partial charge in [0, 0.05) is 12.1 Å². The van der Waals surface area contributed by atoms with E-state index in [9.17, 15) is 5.11 Å². The molecule has 1 unspecified atom stereocenters. The number of aliphatic hydroxyl groups is 1. The zero-order chi connectivity index (χ0) is 18.4. The Kier molecular flexibility index (Phi) is 6.21. The number of aromatic nitrogens is 2. The normalized spacial score (nSPS) is 12.5. The van der Waals surface area contributed by atoms with Crippen molar-refractivity contribution in [3.8, 4) is 22.5 Å². The molecule has 0 bridgehead atoms. The van der Waals surface area contributed by atoms with Gasteiger partial charge in [-0.1, -0.05) is 74.5 Å². The van der Waals surface area contributed by atoms with Crippen molar-refractivity contribution in [1.82, 2.24) is 14.7 Å². The first-order valence-electron chi connectivity index (χ1n) is 9.30. The number of hydrogen-bond acceptors (Lipinski definition) is 3. The molecule has 0 saturated heterocycles. The van der Waals surface area contributed by atoms with Crippen LogP contribution in [0.5, 0.6) is 0 Å². The predicted molar refractivity (Wildman–Crippen MR) is 107 cm³/mol. The van der Waals surface area contributed by atoms with E-state index in [-0.39, 0.29) is 0 Å². The molecule has 0 aliphatic rings. The van der Waals surface area contributed by atoms with Crippen LogP contribution in [0.15, 0.2) is 66.7 Å². The Balaban J connectivity index is 1.91. The zero-order valence-electron chi connectivity index (χ0n) is 15.5. The lowest BCUT2D eigenvalue weighted by Gasteiger charge is -2.22. The van der Waals surface area contributed by atoms with Crippen LogP contribution in [0, 0.1) is 0 Å². The lowest BCUT2D eigenvalue weighted by molar-refractivity contribution is 0.100. The molecule has 1 heterocycles. The van der Waals surface area contributed by atoms with Crippen LogP contribution in [-0.4, -0.2) is 45.5 Å². The van der Waals surface area contributed by atoms with E-state index in [1.165, 1.54) is 0 Å². The molecule has 4 nitrogen and oxygen atoms in total. The van der Waals surface area contributed by atoms with Crippen LogP contribution < -0.4 is 0 Å². The van der Waals surface area contributed by atoms with Crippen LogP contribution in [0.4, 0.5) is 0 Å². The molecular weight excluding hydrogens is 322 g/mol. The van der Waals surface area contributed by atoms with Crippen LogP contribution >= 0.6 is 0 Å². The van der Waals surface area contributed by atoms with Crippen molar-refractivity contribution in [2.45, 2.75) is 26.5 Å². The van der Waals surface area contributed by atoms with E-state index in [2.05, 4.69) is 49.1 Å². The molecule has 0 amide bonds. The van der Waals surface area contributed by atoms with E-state index in [4.69, 9.17) is 5.10 Å². The van der Waals surface area contributed by atoms with E-state index in [1.54, 1.807) is 0 Å². The first kappa shape index (κ1) is 18.4. The molecule has 0 spiro atoms. The van der Waals surface area contributed by atoms with E-state index in [1.807, 2.05) is 41.1 Å². The topological polar surface area (TPSA) is 41.3 Å². The molecular formula is C22H27N3O. The van der Waals surface area contributed by atoms with Gasteiger partial charge in [0.2, 0.25) is 0 Å². The van der Waals surface area contributed by atoms with Crippen molar-refractivity contribution in [3.05, 3.63) is 66.7 Å². The van der Waals surface area contributed by atoms with Gasteiger partial charge in [-0.15, -0.1) is 0 Å². The lowest BCUT2D eigenvalue weighted by Crippen LogP contribution is -2.34. The van der Waals surface area contributed by atoms with Crippen molar-refractivity contribution < 1.29 is 5.11 Å². The molecule has 1 atom stereocenters. The molecule has 136 valence electrons. The highest BCUT2D eigenvalue weighted by atomic mass is 16.3. The molecule has 3 aromatic rings. The average molecular weight is 349 g/mol. The van der Waals surface area contributed by atoms with Gasteiger partial charge < -0.3 is 10.0 Å². The number of benzene rings is 2. The maximum atomic E-state index is 10.6. The van der Waals surface area contributed by atoms with Gasteiger partial charge in [-0.2, -0.15) is 5.10 Å². The smallest absolute Gasteiger partial charge is 0.0929 e. The minimum Gasteiger partial charge on any atom is -0.390 e. The fourth-order valence-corrected chi connectivity index (χ4v) is 3.18. The van der Waals surface area contributed by atoms with Crippen molar-refractivity contribution in [1.29, 1.82) is 0 Å². The number of likely N-dealkylation sites (N-methyl/N-ethyl adjacent to an activating group) is 1. The van der Waals surface area contributed by atoms with Crippen LogP contribution in [0.3, 0.4) is 0 Å². The molecule has 0 fully saturated rings. The van der Waals surface area contributed by atoms with E-state index in [0.29, 0.717) is 13.1 Å². The van der Waals surface area contributed by atoms with Crippen LogP contribution in [0.1, 0.15) is 13.8 Å². The third kappa shape index (κ3) is 4.40. The summed E-state index contributed by atoms with van der Waals surface area (Å²) < 4.78 is 1.94. The van der Waals surface area contributed by atoms with Gasteiger partial charge in [0.25, 0.3) is 0 Å². The maximum Gasteiger partial charge on any atom is 0.0929 e. The van der Waals surface area contributed by atoms with E-state index >= 15 is 0 Å². The van der Waals surface area contributed by atoms with Gasteiger partial charge in [-0.05, 0) is 24.7 Å². The van der Waals surface area contributed by atoms with Crippen molar-refractivity contribution >= 4 is 0 Å². The van der Waals surface area contributed by atoms with Gasteiger partial charge >= 0.3 is 0 Å². The Morgan fingerprint density at radius 1 is 0.923 bits per heavy atom. The summed E-state index contributed by atoms with van der Waals surface area (Å²) in [5.74, 6) is 0. The minimum atomic E-state index is -0.458. The lowest BCUT2D eigenvalue weighted by atomic mass is 10.1. The number of rotatable bonds is 8. The van der Waals surface area contributed by atoms with Crippen LogP contribution in [0.2, 0.25) is 0 Å². The number of hydrogen-bond donors (Lipinski definition) is 1. The van der Waals surface area contributed by atoms with Gasteiger partial charge in [0.1, 0.15) is 0 Å². The summed E-state index contributed by atoms with van der Waals surface area (Å²) >= 11 is 0. The quantitative estimate of drug-likeness (QED) is 0.670. The third-order valence-electron chi connectivity index (χ3n) is 4.67. The zero-order valence-corrected chi connectivity index (χ0v) is 15.5. The van der Waals surface area contributed by atoms with Gasteiger partial charge in [-0.25, -0.2) is 0 Å². The summed E-state index contributed by atoms with van der Waals surface area (Å²) in [5, 5.41) is 15.4. The fraction of sp³-hybridized carbons (Fsp3) is 0.318.